The van der Waals surface area contributed by atoms with Gasteiger partial charge >= 0.3 is 0 Å². The third-order valence-electron chi connectivity index (χ3n) is 1.21. The summed E-state index contributed by atoms with van der Waals surface area (Å²) in [5, 5.41) is 16.2. The van der Waals surface area contributed by atoms with Crippen LogP contribution in [-0.4, -0.2) is 48.8 Å². The first kappa shape index (κ1) is 22.2. The molecule has 2 unspecified atom stereocenters. The van der Waals surface area contributed by atoms with Crippen LogP contribution in [0.25, 0.3) is 0 Å². The van der Waals surface area contributed by atoms with Crippen molar-refractivity contribution in [3.8, 4) is 0 Å². The fourth-order valence-electron chi connectivity index (χ4n) is 0.347. The molecule has 2 heterocycles. The first-order chi connectivity index (χ1) is 6.28. The molecule has 2 rings (SSSR count). The normalized spacial score (nSPS) is 24.0. The van der Waals surface area contributed by atoms with Gasteiger partial charge in [-0.15, -0.1) is 0 Å². The Labute approximate surface area is 142 Å². The van der Waals surface area contributed by atoms with Crippen LogP contribution in [0.15, 0.2) is 0 Å². The van der Waals surface area contributed by atoms with E-state index >= 15 is 0 Å². The van der Waals surface area contributed by atoms with Crippen molar-refractivity contribution in [2.45, 2.75) is 18.6 Å². The molecule has 2 atom stereocenters. The molecule has 0 spiro atoms. The van der Waals surface area contributed by atoms with Crippen LogP contribution in [0, 0.1) is 13.8 Å². The Morgan fingerprint density at radius 1 is 0.933 bits per heavy atom. The van der Waals surface area contributed by atoms with Crippen LogP contribution in [0.1, 0.15) is 6.42 Å². The molecule has 2 aliphatic rings. The van der Waals surface area contributed by atoms with E-state index in [9.17, 15) is 0 Å². The molecule has 0 bridgehead atoms. The van der Waals surface area contributed by atoms with Crippen LogP contribution in [0.2, 0.25) is 0 Å². The molecule has 2 saturated heterocycles. The number of ether oxygens (including phenoxy) is 2. The maximum atomic E-state index is 8.08. The van der Waals surface area contributed by atoms with Crippen LogP contribution in [0.4, 0.5) is 0 Å². The molecule has 4 nitrogen and oxygen atoms in total. The molecule has 86 valence electrons. The minimum Gasteiger partial charge on any atom is -0.394 e. The van der Waals surface area contributed by atoms with Crippen molar-refractivity contribution < 1.29 is 85.1 Å². The molecule has 0 aromatic heterocycles. The molecule has 0 aromatic carbocycles. The zero-order valence-corrected chi connectivity index (χ0v) is 14.6. The summed E-state index contributed by atoms with van der Waals surface area (Å²) in [4.78, 5) is 0. The molecule has 6 heteroatoms. The molecular formula is C9H18O4Y2-2. The second-order valence-electron chi connectivity index (χ2n) is 2.63. The molecule has 2 radical (unpaired) electrons. The van der Waals surface area contributed by atoms with E-state index in [-0.39, 0.29) is 90.8 Å². The molecular weight excluding hydrogens is 350 g/mol. The van der Waals surface area contributed by atoms with E-state index in [4.69, 9.17) is 10.2 Å². The topological polar surface area (TPSA) is 65.5 Å². The van der Waals surface area contributed by atoms with Crippen molar-refractivity contribution in [1.29, 1.82) is 0 Å². The number of hydrogen-bond acceptors (Lipinski definition) is 4. The quantitative estimate of drug-likeness (QED) is 0.523. The van der Waals surface area contributed by atoms with Crippen molar-refractivity contribution in [3.63, 3.8) is 0 Å². The predicted molar refractivity (Wildman–Crippen MR) is 49.0 cm³/mol. The molecule has 0 saturated carbocycles. The van der Waals surface area contributed by atoms with Gasteiger partial charge < -0.3 is 40.0 Å². The smallest absolute Gasteiger partial charge is 0.104 e. The summed E-state index contributed by atoms with van der Waals surface area (Å²) in [5.41, 5.74) is 0. The Morgan fingerprint density at radius 2 is 1.13 bits per heavy atom. The number of aliphatic hydroxyl groups excluding tert-OH is 2. The van der Waals surface area contributed by atoms with Crippen molar-refractivity contribution >= 4 is 0 Å². The van der Waals surface area contributed by atoms with Gasteiger partial charge in [-0.1, -0.05) is 0 Å². The van der Waals surface area contributed by atoms with Gasteiger partial charge in [0, 0.05) is 65.4 Å². The maximum Gasteiger partial charge on any atom is 0.104 e. The number of epoxide rings is 2. The van der Waals surface area contributed by atoms with Gasteiger partial charge in [-0.2, -0.15) is 0 Å². The van der Waals surface area contributed by atoms with E-state index < -0.39 is 0 Å². The molecule has 2 N–H and O–H groups in total. The predicted octanol–water partition coefficient (Wildman–Crippen LogP) is -0.205. The minimum absolute atomic E-state index is 0. The fraction of sp³-hybridized carbons (Fsp3) is 0.778. The van der Waals surface area contributed by atoms with Crippen molar-refractivity contribution in [2.75, 3.05) is 26.4 Å². The Balaban J connectivity index is -0.000000140. The van der Waals surface area contributed by atoms with E-state index in [1.54, 1.807) is 0 Å². The van der Waals surface area contributed by atoms with Crippen molar-refractivity contribution in [2.24, 2.45) is 0 Å². The van der Waals surface area contributed by atoms with E-state index in [0.29, 0.717) is 0 Å². The van der Waals surface area contributed by atoms with Gasteiger partial charge in [-0.05, 0) is 0 Å². The fourth-order valence-corrected chi connectivity index (χ4v) is 0.347. The van der Waals surface area contributed by atoms with Gasteiger partial charge in [0.25, 0.3) is 0 Å². The minimum atomic E-state index is 0. The molecule has 2 aliphatic heterocycles. The zero-order chi connectivity index (χ0) is 10.1. The molecule has 0 aromatic rings. The first-order valence-corrected chi connectivity index (χ1v) is 4.31. The summed E-state index contributed by atoms with van der Waals surface area (Å²) in [6.07, 6.45) is 1.13. The summed E-state index contributed by atoms with van der Waals surface area (Å²) in [6.45, 7) is 8.66. The third kappa shape index (κ3) is 21.8. The number of aliphatic hydroxyl groups is 2. The summed E-state index contributed by atoms with van der Waals surface area (Å²) >= 11 is 0. The monoisotopic (exact) mass is 368 g/mol. The van der Waals surface area contributed by atoms with Crippen LogP contribution in [0.5, 0.6) is 0 Å². The maximum absolute atomic E-state index is 8.08. The molecule has 0 amide bonds. The first-order valence-electron chi connectivity index (χ1n) is 4.31. The van der Waals surface area contributed by atoms with E-state index in [1.165, 1.54) is 0 Å². The van der Waals surface area contributed by atoms with Gasteiger partial charge in [-0.25, -0.2) is 0 Å². The van der Waals surface area contributed by atoms with Gasteiger partial charge in [0.15, 0.2) is 0 Å². The van der Waals surface area contributed by atoms with Gasteiger partial charge in [0.2, 0.25) is 0 Å². The second kappa shape index (κ2) is 16.0. The van der Waals surface area contributed by atoms with E-state index in [0.717, 1.165) is 19.6 Å². The van der Waals surface area contributed by atoms with Gasteiger partial charge in [0.05, 0.1) is 26.4 Å². The van der Waals surface area contributed by atoms with Gasteiger partial charge in [-0.3, -0.25) is 0 Å². The molecule has 15 heavy (non-hydrogen) atoms. The van der Waals surface area contributed by atoms with Crippen LogP contribution >= 0.6 is 0 Å². The van der Waals surface area contributed by atoms with Crippen LogP contribution < -0.4 is 0 Å². The summed E-state index contributed by atoms with van der Waals surface area (Å²) in [6, 6.07) is 0. The third-order valence-corrected chi connectivity index (χ3v) is 1.21. The van der Waals surface area contributed by atoms with Crippen molar-refractivity contribution in [1.82, 2.24) is 0 Å². The standard InChI is InChI=1S/2C3H6O2.C3H6.2Y/c2*4-1-3-2-5-3;1-3-2;;/h2*3-4H,1-2H2;1-3H2;;/q;;-2;;. The summed E-state index contributed by atoms with van der Waals surface area (Å²) < 4.78 is 9.22. The average Bonchev–Trinajstić information content (AvgIpc) is 3.02. The van der Waals surface area contributed by atoms with Gasteiger partial charge in [0.1, 0.15) is 12.2 Å². The number of rotatable bonds is 2. The van der Waals surface area contributed by atoms with E-state index in [2.05, 4.69) is 23.3 Å². The molecule has 2 fully saturated rings. The summed E-state index contributed by atoms with van der Waals surface area (Å²) in [7, 11) is 0. The Hall–Kier alpha value is 2.05. The second-order valence-corrected chi connectivity index (χ2v) is 2.63. The van der Waals surface area contributed by atoms with Crippen LogP contribution in [0.3, 0.4) is 0 Å². The summed E-state index contributed by atoms with van der Waals surface area (Å²) in [5.74, 6) is 0. The SMILES string of the molecule is OCC1CO1.OCC1CO1.[CH2-]C[CH2-].[Y].[Y]. The van der Waals surface area contributed by atoms with Crippen molar-refractivity contribution in [3.05, 3.63) is 13.8 Å². The zero-order valence-electron chi connectivity index (χ0n) is 8.97. The molecule has 0 aliphatic carbocycles. The van der Waals surface area contributed by atoms with E-state index in [1.807, 2.05) is 0 Å². The Kier molecular flexibility index (Phi) is 23.8. The Morgan fingerprint density at radius 3 is 1.13 bits per heavy atom. The van der Waals surface area contributed by atoms with Crippen LogP contribution in [-0.2, 0) is 74.9 Å². The average molecular weight is 368 g/mol. The number of hydrogen-bond donors (Lipinski definition) is 2. The Bertz CT molecular complexity index is 96.3. The largest absolute Gasteiger partial charge is 0.394 e.